The first kappa shape index (κ1) is 24.0. The predicted molar refractivity (Wildman–Crippen MR) is 99.9 cm³/mol. The summed E-state index contributed by atoms with van der Waals surface area (Å²) in [7, 11) is 3.15. The Morgan fingerprint density at radius 1 is 0.833 bits per heavy atom. The third-order valence-electron chi connectivity index (χ3n) is 4.45. The van der Waals surface area contributed by atoms with Crippen molar-refractivity contribution in [1.29, 1.82) is 0 Å². The van der Waals surface area contributed by atoms with Crippen LogP contribution in [0.3, 0.4) is 0 Å². The highest BCUT2D eigenvalue weighted by Crippen LogP contribution is 2.44. The van der Waals surface area contributed by atoms with Crippen molar-refractivity contribution >= 4 is 29.2 Å². The van der Waals surface area contributed by atoms with Gasteiger partial charge in [0.05, 0.1) is 0 Å². The Balaban J connectivity index is 4.28. The highest BCUT2D eigenvalue weighted by molar-refractivity contribution is 6.33. The molecule has 0 aromatic heterocycles. The van der Waals surface area contributed by atoms with E-state index in [0.717, 1.165) is 44.9 Å². The minimum Gasteiger partial charge on any atom is -0.481 e. The minimum atomic E-state index is -1.05. The van der Waals surface area contributed by atoms with Crippen molar-refractivity contribution in [3.63, 3.8) is 0 Å². The molecular formula is C18H34Cl2O4. The summed E-state index contributed by atoms with van der Waals surface area (Å²) in [5.41, 5.74) is 0. The van der Waals surface area contributed by atoms with E-state index in [0.29, 0.717) is 12.8 Å². The van der Waals surface area contributed by atoms with Gasteiger partial charge in [-0.25, -0.2) is 0 Å². The largest absolute Gasteiger partial charge is 0.481 e. The second kappa shape index (κ2) is 13.2. The molecule has 0 bridgehead atoms. The highest BCUT2D eigenvalue weighted by Gasteiger charge is 2.49. The topological polar surface area (TPSA) is 55.8 Å². The summed E-state index contributed by atoms with van der Waals surface area (Å²) in [6.45, 7) is 2.17. The summed E-state index contributed by atoms with van der Waals surface area (Å²) < 4.78 is 11.1. The maximum atomic E-state index is 10.5. The first-order chi connectivity index (χ1) is 11.3. The Bertz CT molecular complexity index is 341. The van der Waals surface area contributed by atoms with Crippen LogP contribution in [0.25, 0.3) is 0 Å². The molecule has 4 nitrogen and oxygen atoms in total. The van der Waals surface area contributed by atoms with Gasteiger partial charge >= 0.3 is 5.97 Å². The number of carboxylic acid groups (broad SMARTS) is 1. The molecule has 0 spiro atoms. The van der Waals surface area contributed by atoms with E-state index in [1.807, 2.05) is 0 Å². The molecule has 144 valence electrons. The third kappa shape index (κ3) is 8.89. The number of carboxylic acids is 1. The zero-order valence-electron chi connectivity index (χ0n) is 15.4. The molecule has 0 heterocycles. The van der Waals surface area contributed by atoms with Crippen LogP contribution in [0.4, 0.5) is 0 Å². The van der Waals surface area contributed by atoms with Gasteiger partial charge in [-0.05, 0) is 32.1 Å². The standard InChI is InChI=1S/C18H34Cl2O4/c1-4-5-6-11-14-17(19,23-2)18(20,24-3)15-12-9-7-8-10-13-16(21)22/h4-15H2,1-3H3,(H,21,22). The average molecular weight is 385 g/mol. The van der Waals surface area contributed by atoms with Gasteiger partial charge in [-0.2, -0.15) is 0 Å². The maximum Gasteiger partial charge on any atom is 0.303 e. The van der Waals surface area contributed by atoms with E-state index >= 15 is 0 Å². The van der Waals surface area contributed by atoms with Crippen LogP contribution in [-0.4, -0.2) is 35.4 Å². The van der Waals surface area contributed by atoms with Gasteiger partial charge in [0.2, 0.25) is 0 Å². The number of ether oxygens (including phenoxy) is 2. The van der Waals surface area contributed by atoms with Crippen LogP contribution in [0.1, 0.15) is 84.0 Å². The van der Waals surface area contributed by atoms with Crippen LogP contribution in [0.15, 0.2) is 0 Å². The average Bonchev–Trinajstić information content (AvgIpc) is 2.57. The molecule has 1 N–H and O–H groups in total. The lowest BCUT2D eigenvalue weighted by Crippen LogP contribution is -2.48. The molecule has 0 rings (SSSR count). The number of carbonyl (C=O) groups is 1. The van der Waals surface area contributed by atoms with Gasteiger partial charge in [-0.1, -0.05) is 68.7 Å². The van der Waals surface area contributed by atoms with Gasteiger partial charge in [0.15, 0.2) is 10.1 Å². The molecule has 2 unspecified atom stereocenters. The van der Waals surface area contributed by atoms with Crippen molar-refractivity contribution < 1.29 is 19.4 Å². The van der Waals surface area contributed by atoms with Gasteiger partial charge in [0.25, 0.3) is 0 Å². The molecule has 0 radical (unpaired) electrons. The van der Waals surface area contributed by atoms with E-state index in [1.54, 1.807) is 14.2 Å². The van der Waals surface area contributed by atoms with E-state index < -0.39 is 16.1 Å². The van der Waals surface area contributed by atoms with Gasteiger partial charge in [0.1, 0.15) is 0 Å². The summed E-state index contributed by atoms with van der Waals surface area (Å²) in [6, 6.07) is 0. The Morgan fingerprint density at radius 2 is 1.25 bits per heavy atom. The molecule has 2 atom stereocenters. The first-order valence-electron chi connectivity index (χ1n) is 9.05. The van der Waals surface area contributed by atoms with Crippen LogP contribution in [-0.2, 0) is 14.3 Å². The maximum absolute atomic E-state index is 10.5. The Labute approximate surface area is 157 Å². The number of aliphatic carboxylic acids is 1. The fourth-order valence-electron chi connectivity index (χ4n) is 2.82. The van der Waals surface area contributed by atoms with Crippen molar-refractivity contribution in [2.75, 3.05) is 14.2 Å². The number of hydrogen-bond acceptors (Lipinski definition) is 3. The zero-order valence-corrected chi connectivity index (χ0v) is 16.9. The van der Waals surface area contributed by atoms with Gasteiger partial charge in [-0.15, -0.1) is 0 Å². The van der Waals surface area contributed by atoms with Crippen molar-refractivity contribution in [2.45, 2.75) is 94.1 Å². The summed E-state index contributed by atoms with van der Waals surface area (Å²) in [5.74, 6) is -0.732. The number of alkyl halides is 2. The third-order valence-corrected chi connectivity index (χ3v) is 5.84. The molecule has 24 heavy (non-hydrogen) atoms. The lowest BCUT2D eigenvalue weighted by molar-refractivity contribution is -0.137. The van der Waals surface area contributed by atoms with Gasteiger partial charge in [-0.3, -0.25) is 4.79 Å². The number of halogens is 2. The monoisotopic (exact) mass is 384 g/mol. The van der Waals surface area contributed by atoms with Crippen LogP contribution >= 0.6 is 23.2 Å². The number of methoxy groups -OCH3 is 2. The van der Waals surface area contributed by atoms with E-state index in [1.165, 1.54) is 12.8 Å². The molecule has 0 aromatic carbocycles. The van der Waals surface area contributed by atoms with E-state index in [9.17, 15) is 4.79 Å². The van der Waals surface area contributed by atoms with Crippen molar-refractivity contribution in [3.05, 3.63) is 0 Å². The van der Waals surface area contributed by atoms with Crippen LogP contribution in [0.5, 0.6) is 0 Å². The molecule has 0 fully saturated rings. The second-order valence-electron chi connectivity index (χ2n) is 6.34. The number of rotatable bonds is 16. The first-order valence-corrected chi connectivity index (χ1v) is 9.80. The Kier molecular flexibility index (Phi) is 13.2. The summed E-state index contributed by atoms with van der Waals surface area (Å²) in [6.07, 6.45) is 10.4. The van der Waals surface area contributed by atoms with Crippen LogP contribution in [0.2, 0.25) is 0 Å². The quantitative estimate of drug-likeness (QED) is 0.264. The predicted octanol–water partition coefficient (Wildman–Crippen LogP) is 5.94. The van der Waals surface area contributed by atoms with Crippen molar-refractivity contribution in [3.8, 4) is 0 Å². The number of hydrogen-bond donors (Lipinski definition) is 1. The van der Waals surface area contributed by atoms with E-state index in [-0.39, 0.29) is 6.42 Å². The molecule has 0 aliphatic carbocycles. The molecule has 0 aliphatic heterocycles. The Morgan fingerprint density at radius 3 is 1.67 bits per heavy atom. The molecule has 0 aromatic rings. The fraction of sp³-hybridized carbons (Fsp3) is 0.944. The normalized spacial score (nSPS) is 16.5. The smallest absolute Gasteiger partial charge is 0.303 e. The summed E-state index contributed by atoms with van der Waals surface area (Å²) in [4.78, 5) is 10.5. The molecule has 6 heteroatoms. The number of unbranched alkanes of at least 4 members (excludes halogenated alkanes) is 7. The van der Waals surface area contributed by atoms with E-state index in [4.69, 9.17) is 37.8 Å². The zero-order chi connectivity index (χ0) is 18.5. The molecule has 0 saturated carbocycles. The lowest BCUT2D eigenvalue weighted by atomic mass is 9.98. The van der Waals surface area contributed by atoms with Crippen molar-refractivity contribution in [2.24, 2.45) is 0 Å². The fourth-order valence-corrected chi connectivity index (χ4v) is 3.43. The molecule has 0 amide bonds. The summed E-state index contributed by atoms with van der Waals surface area (Å²) >= 11 is 13.3. The minimum absolute atomic E-state index is 0.240. The van der Waals surface area contributed by atoms with E-state index in [2.05, 4.69) is 6.92 Å². The summed E-state index contributed by atoms with van der Waals surface area (Å²) in [5, 5.41) is 6.54. The molecular weight excluding hydrogens is 351 g/mol. The SMILES string of the molecule is CCCCCCC(Cl)(OC)C(Cl)(CCCCCCCC(=O)O)OC. The van der Waals surface area contributed by atoms with Gasteiger partial charge in [0, 0.05) is 20.6 Å². The highest BCUT2D eigenvalue weighted by atomic mass is 35.5. The lowest BCUT2D eigenvalue weighted by Gasteiger charge is -2.40. The van der Waals surface area contributed by atoms with Gasteiger partial charge < -0.3 is 14.6 Å². The van der Waals surface area contributed by atoms with Crippen LogP contribution < -0.4 is 0 Å². The molecule has 0 saturated heterocycles. The Hall–Kier alpha value is -0.0300. The van der Waals surface area contributed by atoms with Crippen molar-refractivity contribution in [1.82, 2.24) is 0 Å². The van der Waals surface area contributed by atoms with Crippen LogP contribution in [0, 0.1) is 0 Å². The molecule has 0 aliphatic rings. The second-order valence-corrected chi connectivity index (χ2v) is 7.56.